The minimum absolute atomic E-state index is 0.167. The van der Waals surface area contributed by atoms with Crippen molar-refractivity contribution in [2.24, 2.45) is 0 Å². The molecule has 1 amide bonds. The fourth-order valence-electron chi connectivity index (χ4n) is 1.34. The highest BCUT2D eigenvalue weighted by Crippen LogP contribution is 2.22. The molecule has 0 aliphatic rings. The molecule has 1 atom stereocenters. The van der Waals surface area contributed by atoms with Crippen molar-refractivity contribution in [3.8, 4) is 0 Å². The monoisotopic (exact) mass is 271 g/mol. The largest absolute Gasteiger partial charge is 0.481 e. The average molecular weight is 271 g/mol. The summed E-state index contributed by atoms with van der Waals surface area (Å²) in [6.45, 7) is 5.26. The molecule has 0 saturated heterocycles. The van der Waals surface area contributed by atoms with Gasteiger partial charge in [0.15, 0.2) is 0 Å². The Bertz CT molecular complexity index is 408. The van der Waals surface area contributed by atoms with Crippen LogP contribution < -0.4 is 5.32 Å². The highest BCUT2D eigenvalue weighted by Gasteiger charge is 2.22. The predicted octanol–water partition coefficient (Wildman–Crippen LogP) is 2.79. The van der Waals surface area contributed by atoms with E-state index in [4.69, 9.17) is 9.84 Å². The van der Waals surface area contributed by atoms with Gasteiger partial charge >= 0.3 is 12.1 Å². The van der Waals surface area contributed by atoms with Crippen molar-refractivity contribution in [3.63, 3.8) is 0 Å². The van der Waals surface area contributed by atoms with E-state index < -0.39 is 23.7 Å². The number of aliphatic carboxylic acids is 1. The van der Waals surface area contributed by atoms with Crippen LogP contribution in [0.5, 0.6) is 0 Å². The highest BCUT2D eigenvalue weighted by molar-refractivity contribution is 7.10. The van der Waals surface area contributed by atoms with Gasteiger partial charge in [0.25, 0.3) is 0 Å². The Kier molecular flexibility index (Phi) is 4.72. The molecule has 0 aliphatic carbocycles. The topological polar surface area (TPSA) is 75.6 Å². The SMILES string of the molecule is CC(C)(C)OC(=O)N[C@H](CC(=O)O)c1cccs1. The summed E-state index contributed by atoms with van der Waals surface area (Å²) in [4.78, 5) is 23.2. The van der Waals surface area contributed by atoms with Gasteiger partial charge < -0.3 is 15.2 Å². The van der Waals surface area contributed by atoms with Gasteiger partial charge in [-0.05, 0) is 32.2 Å². The van der Waals surface area contributed by atoms with Crippen molar-refractivity contribution < 1.29 is 19.4 Å². The highest BCUT2D eigenvalue weighted by atomic mass is 32.1. The normalized spacial score (nSPS) is 12.8. The fraction of sp³-hybridized carbons (Fsp3) is 0.500. The molecule has 1 aromatic heterocycles. The summed E-state index contributed by atoms with van der Waals surface area (Å²) in [5, 5.41) is 13.3. The molecule has 1 aromatic rings. The van der Waals surface area contributed by atoms with Gasteiger partial charge in [-0.2, -0.15) is 0 Å². The zero-order valence-corrected chi connectivity index (χ0v) is 11.4. The summed E-state index contributed by atoms with van der Waals surface area (Å²) in [6.07, 6.45) is -0.776. The summed E-state index contributed by atoms with van der Waals surface area (Å²) < 4.78 is 5.11. The second-order valence-corrected chi connectivity index (χ2v) is 5.79. The van der Waals surface area contributed by atoms with Crippen LogP contribution in [-0.4, -0.2) is 22.8 Å². The van der Waals surface area contributed by atoms with Gasteiger partial charge in [-0.25, -0.2) is 4.79 Å². The van der Waals surface area contributed by atoms with E-state index in [0.717, 1.165) is 4.88 Å². The molecule has 0 unspecified atom stereocenters. The number of nitrogens with one attached hydrogen (secondary N) is 1. The van der Waals surface area contributed by atoms with Crippen LogP contribution in [0.4, 0.5) is 4.79 Å². The van der Waals surface area contributed by atoms with Gasteiger partial charge in [-0.3, -0.25) is 4.79 Å². The van der Waals surface area contributed by atoms with Crippen molar-refractivity contribution in [1.29, 1.82) is 0 Å². The third-order valence-electron chi connectivity index (χ3n) is 1.96. The predicted molar refractivity (Wildman–Crippen MR) is 68.7 cm³/mol. The zero-order valence-electron chi connectivity index (χ0n) is 10.6. The lowest BCUT2D eigenvalue weighted by Crippen LogP contribution is -2.35. The molecule has 0 aromatic carbocycles. The van der Waals surface area contributed by atoms with Crippen LogP contribution in [0.25, 0.3) is 0 Å². The van der Waals surface area contributed by atoms with Crippen molar-refractivity contribution in [3.05, 3.63) is 22.4 Å². The number of carboxylic acid groups (broad SMARTS) is 1. The van der Waals surface area contributed by atoms with E-state index in [9.17, 15) is 9.59 Å². The van der Waals surface area contributed by atoms with Crippen molar-refractivity contribution in [2.75, 3.05) is 0 Å². The number of hydrogen-bond donors (Lipinski definition) is 2. The second kappa shape index (κ2) is 5.86. The molecule has 0 saturated carbocycles. The molecule has 0 bridgehead atoms. The Morgan fingerprint density at radius 1 is 1.50 bits per heavy atom. The van der Waals surface area contributed by atoms with Crippen LogP contribution in [0.3, 0.4) is 0 Å². The lowest BCUT2D eigenvalue weighted by Gasteiger charge is -2.22. The van der Waals surface area contributed by atoms with E-state index in [0.29, 0.717) is 0 Å². The maximum atomic E-state index is 11.6. The number of hydrogen-bond acceptors (Lipinski definition) is 4. The Labute approximate surface area is 110 Å². The number of amides is 1. The first-order valence-corrected chi connectivity index (χ1v) is 6.40. The molecule has 6 heteroatoms. The number of carbonyl (C=O) groups is 2. The second-order valence-electron chi connectivity index (χ2n) is 4.81. The number of rotatable bonds is 4. The van der Waals surface area contributed by atoms with E-state index in [1.54, 1.807) is 26.8 Å². The molecular formula is C12H17NO4S. The van der Waals surface area contributed by atoms with E-state index in [1.807, 2.05) is 11.4 Å². The number of alkyl carbamates (subject to hydrolysis) is 1. The Morgan fingerprint density at radius 2 is 2.17 bits per heavy atom. The lowest BCUT2D eigenvalue weighted by molar-refractivity contribution is -0.137. The number of ether oxygens (including phenoxy) is 1. The first kappa shape index (κ1) is 14.5. The Balaban J connectivity index is 2.68. The van der Waals surface area contributed by atoms with Crippen LogP contribution in [0, 0.1) is 0 Å². The quantitative estimate of drug-likeness (QED) is 0.883. The van der Waals surface area contributed by atoms with Gasteiger partial charge in [0.1, 0.15) is 5.60 Å². The van der Waals surface area contributed by atoms with Crippen LogP contribution in [0.1, 0.15) is 38.1 Å². The van der Waals surface area contributed by atoms with Crippen LogP contribution in [0.2, 0.25) is 0 Å². The van der Waals surface area contributed by atoms with Crippen LogP contribution in [-0.2, 0) is 9.53 Å². The molecule has 1 rings (SSSR count). The first-order valence-electron chi connectivity index (χ1n) is 5.52. The number of carbonyl (C=O) groups excluding carboxylic acids is 1. The van der Waals surface area contributed by atoms with Crippen LogP contribution in [0.15, 0.2) is 17.5 Å². The molecule has 0 fully saturated rings. The van der Waals surface area contributed by atoms with E-state index in [-0.39, 0.29) is 6.42 Å². The Hall–Kier alpha value is -1.56. The maximum Gasteiger partial charge on any atom is 0.408 e. The molecule has 1 heterocycles. The average Bonchev–Trinajstić information content (AvgIpc) is 2.64. The van der Waals surface area contributed by atoms with Crippen molar-refractivity contribution in [2.45, 2.75) is 38.8 Å². The Morgan fingerprint density at radius 3 is 2.61 bits per heavy atom. The van der Waals surface area contributed by atoms with E-state index >= 15 is 0 Å². The molecule has 0 radical (unpaired) electrons. The molecule has 100 valence electrons. The summed E-state index contributed by atoms with van der Waals surface area (Å²) >= 11 is 1.40. The summed E-state index contributed by atoms with van der Waals surface area (Å²) in [5.41, 5.74) is -0.604. The van der Waals surface area contributed by atoms with E-state index in [2.05, 4.69) is 5.32 Å². The zero-order chi connectivity index (χ0) is 13.8. The van der Waals surface area contributed by atoms with Crippen molar-refractivity contribution in [1.82, 2.24) is 5.32 Å². The maximum absolute atomic E-state index is 11.6. The molecule has 18 heavy (non-hydrogen) atoms. The molecule has 5 nitrogen and oxygen atoms in total. The number of thiophene rings is 1. The minimum Gasteiger partial charge on any atom is -0.481 e. The first-order chi connectivity index (χ1) is 8.28. The third kappa shape index (κ3) is 5.18. The van der Waals surface area contributed by atoms with Gasteiger partial charge in [-0.1, -0.05) is 6.07 Å². The summed E-state index contributed by atoms with van der Waals surface area (Å²) in [5.74, 6) is -0.968. The van der Waals surface area contributed by atoms with Gasteiger partial charge in [-0.15, -0.1) is 11.3 Å². The summed E-state index contributed by atoms with van der Waals surface area (Å²) in [6, 6.07) is 3.04. The molecule has 2 N–H and O–H groups in total. The molecule has 0 spiro atoms. The van der Waals surface area contributed by atoms with Gasteiger partial charge in [0, 0.05) is 4.88 Å². The van der Waals surface area contributed by atoms with Crippen LogP contribution >= 0.6 is 11.3 Å². The lowest BCUT2D eigenvalue weighted by atomic mass is 10.1. The van der Waals surface area contributed by atoms with E-state index in [1.165, 1.54) is 11.3 Å². The third-order valence-corrected chi connectivity index (χ3v) is 2.94. The smallest absolute Gasteiger partial charge is 0.408 e. The fourth-order valence-corrected chi connectivity index (χ4v) is 2.11. The van der Waals surface area contributed by atoms with Crippen molar-refractivity contribution >= 4 is 23.4 Å². The van der Waals surface area contributed by atoms with Gasteiger partial charge in [0.05, 0.1) is 12.5 Å². The molecule has 0 aliphatic heterocycles. The molecular weight excluding hydrogens is 254 g/mol. The van der Waals surface area contributed by atoms with Gasteiger partial charge in [0.2, 0.25) is 0 Å². The summed E-state index contributed by atoms with van der Waals surface area (Å²) in [7, 11) is 0. The minimum atomic E-state index is -0.968. The number of carboxylic acids is 1. The standard InChI is InChI=1S/C12H17NO4S/c1-12(2,3)17-11(16)13-8(7-10(14)15)9-5-4-6-18-9/h4-6,8H,7H2,1-3H3,(H,13,16)(H,14,15)/t8-/m1/s1.